The molecule has 3 rings (SSSR count). The van der Waals surface area contributed by atoms with Gasteiger partial charge in [-0.1, -0.05) is 11.8 Å². The Morgan fingerprint density at radius 3 is 2.19 bits per heavy atom. The van der Waals surface area contributed by atoms with Crippen LogP contribution in [0.3, 0.4) is 0 Å². The van der Waals surface area contributed by atoms with Crippen LogP contribution in [-0.4, -0.2) is 59.0 Å². The number of aliphatic hydroxyl groups is 1. The van der Waals surface area contributed by atoms with Crippen molar-refractivity contribution in [3.63, 3.8) is 0 Å². The Bertz CT molecular complexity index is 1310. The van der Waals surface area contributed by atoms with E-state index in [0.29, 0.717) is 6.42 Å². The largest absolute Gasteiger partial charge is 0.416 e. The van der Waals surface area contributed by atoms with Gasteiger partial charge in [0.2, 0.25) is 5.91 Å². The van der Waals surface area contributed by atoms with Gasteiger partial charge in [0.25, 0.3) is 11.8 Å². The van der Waals surface area contributed by atoms with Crippen LogP contribution in [0.25, 0.3) is 0 Å². The molecule has 1 aromatic carbocycles. The van der Waals surface area contributed by atoms with E-state index in [0.717, 1.165) is 12.3 Å². The fourth-order valence-corrected chi connectivity index (χ4v) is 4.21. The van der Waals surface area contributed by atoms with Crippen LogP contribution in [0.1, 0.15) is 51.6 Å². The maximum Gasteiger partial charge on any atom is 0.416 e. The number of aromatic nitrogens is 1. The van der Waals surface area contributed by atoms with E-state index in [4.69, 9.17) is 0 Å². The predicted octanol–water partition coefficient (Wildman–Crippen LogP) is 2.29. The van der Waals surface area contributed by atoms with Crippen LogP contribution in [0.5, 0.6) is 0 Å². The molecule has 1 unspecified atom stereocenters. The second kappa shape index (κ2) is 12.5. The van der Waals surface area contributed by atoms with Crippen LogP contribution < -0.4 is 21.3 Å². The number of halogens is 6. The van der Waals surface area contributed by atoms with Crippen LogP contribution in [0.4, 0.5) is 32.2 Å². The monoisotopic (exact) mass is 831 g/mol. The Hall–Kier alpha value is -5.21. The van der Waals surface area contributed by atoms with Gasteiger partial charge in [-0.25, -0.2) is 12.1 Å². The number of rotatable bonds is 8. The molecule has 0 spiro atoms. The van der Waals surface area contributed by atoms with Crippen molar-refractivity contribution in [3.8, 4) is 0 Å². The molecule has 2 heterocycles. The van der Waals surface area contributed by atoms with E-state index < -0.39 is 76.2 Å². The van der Waals surface area contributed by atoms with Crippen molar-refractivity contribution in [2.45, 2.75) is 50.3 Å². The number of hydrogen-bond acceptors (Lipinski definition) is 6. The molecule has 1 aliphatic heterocycles. The first-order valence-corrected chi connectivity index (χ1v) is 12.0. The van der Waals surface area contributed by atoms with Crippen molar-refractivity contribution in [2.24, 2.45) is 5.92 Å². The zero-order valence-corrected chi connectivity index (χ0v) is 24.7. The molecule has 2 aromatic rings. The van der Waals surface area contributed by atoms with E-state index in [1.165, 1.54) is 7.05 Å². The Morgan fingerprint density at radius 2 is 1.69 bits per heavy atom. The van der Waals surface area contributed by atoms with Crippen molar-refractivity contribution in [3.05, 3.63) is 58.8 Å². The maximum absolute atomic E-state index is 13.2. The number of hydrogen-bond donors (Lipinski definition) is 5. The number of pyridine rings is 1. The number of nitrogens with zero attached hydrogens (tertiary/aromatic N) is 1. The molecule has 0 aliphatic carbocycles. The number of amides is 4. The molecule has 42 heavy (non-hydrogen) atoms. The van der Waals surface area contributed by atoms with Gasteiger partial charge in [0.15, 0.2) is 12.0 Å². The standard InChI is InChI=1S/C25H24F6N5O5.Cm/c1-11-6-12(20(38)34-11)9-17(18(37)23(41)32-2)35-22(40)16-4-3-5-33-19(16)36-21(39)13-7-14(24(26,27)28)10-15(8-13)25(29,30)31;/h4-5,7-8,10-12,17-18,37H,6,9H2,1-2H3,(H,32,41)(H,34,38)(H,35,40)(H,33,36,39);/q-1;/t11-,12+,17+,18?;/m1./s1. The predicted molar refractivity (Wildman–Crippen MR) is 129 cm³/mol. The fraction of sp³-hybridized carbons (Fsp3) is 0.400. The molecule has 5 N–H and O–H groups in total. The normalized spacial score (nSPS) is 18.3. The number of anilines is 1. The average molecular weight is 835 g/mol. The van der Waals surface area contributed by atoms with Crippen LogP contribution in [0.15, 0.2) is 30.5 Å². The van der Waals surface area contributed by atoms with E-state index in [1.54, 1.807) is 6.92 Å². The van der Waals surface area contributed by atoms with E-state index in [2.05, 4.69) is 27.0 Å². The first-order chi connectivity index (χ1) is 19.0. The zero-order chi connectivity index (χ0) is 30.7. The van der Waals surface area contributed by atoms with Gasteiger partial charge < -0.3 is 26.4 Å². The third-order valence-electron chi connectivity index (χ3n) is 6.23. The molecule has 1 aromatic heterocycles. The topological polar surface area (TPSA) is 150 Å². The van der Waals surface area contributed by atoms with Gasteiger partial charge in [0, 0.05) is 24.6 Å². The average Bonchev–Trinajstić information content (AvgIpc) is 3.22. The summed E-state index contributed by atoms with van der Waals surface area (Å²) in [5.74, 6) is -4.94. The molecule has 4 atom stereocenters. The Balaban J connectivity index is 0.00000616. The summed E-state index contributed by atoms with van der Waals surface area (Å²) in [5.41, 5.74) is -4.90. The van der Waals surface area contributed by atoms with E-state index in [9.17, 15) is 50.6 Å². The molecular weight excluding hydrogens is 811 g/mol. The number of carbonyl (C=O) groups excluding carboxylic acids is 4. The van der Waals surface area contributed by atoms with Crippen molar-refractivity contribution < 1.29 is 50.6 Å². The summed E-state index contributed by atoms with van der Waals surface area (Å²) in [5, 5.41) is 19.8. The SMILES string of the molecule is CNC(=O)C(O)[C@H](C[C@@H]1C[C@@H](C)NC1=O)NC(=O)c1c[c-]cnc1NC(=O)c1cc(C(F)(F)F)cc(C(F)(F)F)c1.[Cm]. The number of alkyl halides is 6. The molecule has 4 amide bonds. The van der Waals surface area contributed by atoms with Gasteiger partial charge in [-0.3, -0.25) is 24.2 Å². The third kappa shape index (κ3) is 7.71. The van der Waals surface area contributed by atoms with Crippen molar-refractivity contribution in [1.29, 1.82) is 0 Å². The summed E-state index contributed by atoms with van der Waals surface area (Å²) in [6.07, 6.45) is -11.0. The first-order valence-electron chi connectivity index (χ1n) is 12.0. The molecule has 17 heteroatoms. The van der Waals surface area contributed by atoms with E-state index in [1.807, 2.05) is 5.32 Å². The summed E-state index contributed by atoms with van der Waals surface area (Å²) < 4.78 is 79.3. The molecule has 1 saturated heterocycles. The van der Waals surface area contributed by atoms with Crippen molar-refractivity contribution >= 4 is 29.4 Å². The molecule has 0 radical (unpaired) electrons. The molecule has 1 fully saturated rings. The van der Waals surface area contributed by atoms with Gasteiger partial charge >= 0.3 is 12.4 Å². The minimum atomic E-state index is -5.20. The smallest absolute Gasteiger partial charge is 0.381 e. The second-order valence-electron chi connectivity index (χ2n) is 9.30. The quantitative estimate of drug-likeness (QED) is 0.204. The number of carbonyl (C=O) groups is 4. The van der Waals surface area contributed by atoms with Crippen LogP contribution in [0.2, 0.25) is 0 Å². The Kier molecular flexibility index (Phi) is 9.85. The first kappa shape index (κ1) is 33.0. The molecule has 10 nitrogen and oxygen atoms in total. The van der Waals surface area contributed by atoms with E-state index >= 15 is 0 Å². The summed E-state index contributed by atoms with van der Waals surface area (Å²) in [7, 11) is 1.23. The summed E-state index contributed by atoms with van der Waals surface area (Å²) >= 11 is 0. The minimum absolute atomic E-state index is 0. The van der Waals surface area contributed by atoms with Gasteiger partial charge in [-0.05, 0) is 38.0 Å². The summed E-state index contributed by atoms with van der Waals surface area (Å²) in [6.45, 7) is 1.74. The molecule has 1 aliphatic rings. The molecule has 0 saturated carbocycles. The molecule has 0 bridgehead atoms. The second-order valence-corrected chi connectivity index (χ2v) is 9.30. The Morgan fingerprint density at radius 1 is 1.10 bits per heavy atom. The summed E-state index contributed by atoms with van der Waals surface area (Å²) in [6, 6.07) is 2.23. The van der Waals surface area contributed by atoms with Gasteiger partial charge in [-0.15, -0.1) is 0 Å². The van der Waals surface area contributed by atoms with E-state index in [-0.39, 0.29) is 36.6 Å². The third-order valence-corrected chi connectivity index (χ3v) is 6.23. The van der Waals surface area contributed by atoms with Gasteiger partial charge in [0.05, 0.1) is 23.0 Å². The van der Waals surface area contributed by atoms with Crippen LogP contribution in [0, 0.1) is 12.0 Å². The Labute approximate surface area is 228 Å². The van der Waals surface area contributed by atoms with Gasteiger partial charge in [-0.2, -0.15) is 26.3 Å². The van der Waals surface area contributed by atoms with Gasteiger partial charge in [0.1, 0.15) is 0 Å². The number of aliphatic hydroxyl groups excluding tert-OH is 1. The number of likely N-dealkylation sites (N-methyl/N-ethyl adjacent to an activating group) is 1. The maximum atomic E-state index is 13.2. The minimum Gasteiger partial charge on any atom is -0.381 e. The van der Waals surface area contributed by atoms with Crippen LogP contribution >= 0.6 is 0 Å². The zero-order valence-electron chi connectivity index (χ0n) is 21.8. The van der Waals surface area contributed by atoms with Crippen molar-refractivity contribution in [2.75, 3.05) is 12.4 Å². The molecular formula is C25H24CmF6N5O5-. The van der Waals surface area contributed by atoms with Crippen molar-refractivity contribution in [1.82, 2.24) is 20.9 Å². The summed E-state index contributed by atoms with van der Waals surface area (Å²) in [4.78, 5) is 53.9. The molecule has 230 valence electrons. The number of benzene rings is 1. The fourth-order valence-electron chi connectivity index (χ4n) is 4.21. The van der Waals surface area contributed by atoms with Crippen LogP contribution in [-0.2, 0) is 21.9 Å². The number of nitrogens with one attached hydrogen (secondary N) is 4.